The van der Waals surface area contributed by atoms with Gasteiger partial charge >= 0.3 is 5.97 Å². The molecule has 10 nitrogen and oxygen atoms in total. The van der Waals surface area contributed by atoms with Gasteiger partial charge in [-0.2, -0.15) is 8.75 Å². The highest BCUT2D eigenvalue weighted by atomic mass is 127. The normalized spacial score (nSPS) is 13.2. The van der Waals surface area contributed by atoms with Crippen LogP contribution in [0.4, 0.5) is 5.69 Å². The van der Waals surface area contributed by atoms with Crippen molar-refractivity contribution >= 4 is 84.5 Å². The zero-order valence-electron chi connectivity index (χ0n) is 17.9. The molecule has 0 radical (unpaired) electrons. The number of carboxylic acid groups (broad SMARTS) is 1. The highest BCUT2D eigenvalue weighted by Crippen LogP contribution is 2.27. The number of amides is 1. The summed E-state index contributed by atoms with van der Waals surface area (Å²) in [6.07, 6.45) is -1.59. The average molecular weight is 659 g/mol. The van der Waals surface area contributed by atoms with E-state index in [2.05, 4.69) is 18.8 Å². The number of benzene rings is 3. The van der Waals surface area contributed by atoms with Crippen LogP contribution in [0.15, 0.2) is 65.6 Å². The molecule has 1 aromatic heterocycles. The first-order chi connectivity index (χ1) is 17.1. The van der Waals surface area contributed by atoms with Crippen LogP contribution in [0.5, 0.6) is 0 Å². The molecule has 4 rings (SSSR count). The number of hydrogen-bond acceptors (Lipinski definition) is 8. The number of aromatic nitrogens is 2. The first kappa shape index (κ1) is 26.2. The predicted molar refractivity (Wildman–Crippen MR) is 143 cm³/mol. The number of nitrogens with one attached hydrogen (secondary N) is 2. The number of aliphatic hydroxyl groups is 1. The minimum absolute atomic E-state index is 0.0790. The molecule has 4 N–H and O–H groups in total. The monoisotopic (exact) mass is 658 g/mol. The third-order valence-corrected chi connectivity index (χ3v) is 7.95. The van der Waals surface area contributed by atoms with E-state index in [-0.39, 0.29) is 27.2 Å². The van der Waals surface area contributed by atoms with Crippen LogP contribution in [0, 0.1) is 3.57 Å². The first-order valence-electron chi connectivity index (χ1n) is 10.1. The van der Waals surface area contributed by atoms with Crippen LogP contribution in [-0.4, -0.2) is 45.3 Å². The van der Waals surface area contributed by atoms with Gasteiger partial charge in [0.05, 0.1) is 23.0 Å². The largest absolute Gasteiger partial charge is 0.480 e. The van der Waals surface area contributed by atoms with Gasteiger partial charge < -0.3 is 15.5 Å². The van der Waals surface area contributed by atoms with Gasteiger partial charge in [-0.3, -0.25) is 9.52 Å². The van der Waals surface area contributed by atoms with Gasteiger partial charge in [0.2, 0.25) is 0 Å². The third-order valence-electron chi connectivity index (χ3n) is 5.09. The van der Waals surface area contributed by atoms with E-state index in [4.69, 9.17) is 11.6 Å². The Kier molecular flexibility index (Phi) is 7.75. The molecular formula is C22H16ClIN4O6S2. The van der Waals surface area contributed by atoms with Gasteiger partial charge in [-0.25, -0.2) is 13.2 Å². The van der Waals surface area contributed by atoms with Crippen LogP contribution in [0.1, 0.15) is 22.0 Å². The van der Waals surface area contributed by atoms with Gasteiger partial charge in [0.25, 0.3) is 15.9 Å². The summed E-state index contributed by atoms with van der Waals surface area (Å²) in [4.78, 5) is 24.9. The molecule has 0 aliphatic rings. The highest BCUT2D eigenvalue weighted by molar-refractivity contribution is 14.1. The summed E-state index contributed by atoms with van der Waals surface area (Å²) in [5, 5.41) is 22.9. The second kappa shape index (κ2) is 10.6. The fourth-order valence-corrected chi connectivity index (χ4v) is 5.80. The number of aliphatic hydroxyl groups excluding tert-OH is 1. The number of fused-ring (bicyclic) bond motifs is 1. The predicted octanol–water partition coefficient (Wildman–Crippen LogP) is 3.67. The molecule has 1 heterocycles. The minimum Gasteiger partial charge on any atom is -0.480 e. The van der Waals surface area contributed by atoms with Crippen LogP contribution < -0.4 is 10.0 Å². The summed E-state index contributed by atoms with van der Waals surface area (Å²) in [7, 11) is -4.20. The summed E-state index contributed by atoms with van der Waals surface area (Å²) in [6.45, 7) is 0. The molecule has 0 spiro atoms. The van der Waals surface area contributed by atoms with Gasteiger partial charge in [-0.15, -0.1) is 0 Å². The van der Waals surface area contributed by atoms with E-state index in [0.717, 1.165) is 11.7 Å². The van der Waals surface area contributed by atoms with E-state index in [0.29, 0.717) is 14.1 Å². The number of nitrogens with zero attached hydrogens (tertiary/aromatic N) is 2. The number of sulfonamides is 1. The Bertz CT molecular complexity index is 1560. The van der Waals surface area contributed by atoms with Crippen molar-refractivity contribution in [3.05, 3.63) is 80.4 Å². The number of anilines is 1. The fourth-order valence-electron chi connectivity index (χ4n) is 3.34. The Morgan fingerprint density at radius 1 is 1.06 bits per heavy atom. The molecule has 36 heavy (non-hydrogen) atoms. The molecule has 4 aromatic rings. The van der Waals surface area contributed by atoms with Gasteiger partial charge in [0, 0.05) is 8.59 Å². The molecule has 1 amide bonds. The Balaban J connectivity index is 1.65. The van der Waals surface area contributed by atoms with Crippen LogP contribution in [0.3, 0.4) is 0 Å². The number of hydrogen-bond donors (Lipinski definition) is 4. The zero-order chi connectivity index (χ0) is 26.0. The van der Waals surface area contributed by atoms with Crippen LogP contribution >= 0.6 is 45.9 Å². The number of carbonyl (C=O) groups is 2. The third kappa shape index (κ3) is 5.59. The zero-order valence-corrected chi connectivity index (χ0v) is 22.5. The number of aliphatic carboxylic acids is 1. The Morgan fingerprint density at radius 3 is 2.47 bits per heavy atom. The van der Waals surface area contributed by atoms with Crippen molar-refractivity contribution in [1.29, 1.82) is 0 Å². The molecule has 0 bridgehead atoms. The van der Waals surface area contributed by atoms with Gasteiger partial charge in [-0.1, -0.05) is 29.8 Å². The first-order valence-corrected chi connectivity index (χ1v) is 13.7. The maximum absolute atomic E-state index is 13.2. The van der Waals surface area contributed by atoms with Crippen molar-refractivity contribution in [2.24, 2.45) is 0 Å². The topological polar surface area (TPSA) is 159 Å². The standard InChI is InChI=1S/C22H16ClIN4O6S2/c23-12-6-4-11(5-7-12)20(29)19(22(31)32)25-21(30)14-9-8-13(24)10-16(14)28-36(33,34)17-3-1-2-15-18(17)27-35-26-15/h1-10,19-20,28-29H,(H,25,30)(H,31,32). The van der Waals surface area contributed by atoms with E-state index >= 15 is 0 Å². The smallest absolute Gasteiger partial charge is 0.329 e. The second-order valence-electron chi connectivity index (χ2n) is 7.47. The Morgan fingerprint density at radius 2 is 1.78 bits per heavy atom. The van der Waals surface area contributed by atoms with Gasteiger partial charge in [0.15, 0.2) is 6.04 Å². The van der Waals surface area contributed by atoms with Crippen molar-refractivity contribution < 1.29 is 28.2 Å². The molecule has 14 heteroatoms. The number of halogens is 2. The van der Waals surface area contributed by atoms with Gasteiger partial charge in [0.1, 0.15) is 22.0 Å². The van der Waals surface area contributed by atoms with E-state index in [1.165, 1.54) is 48.5 Å². The summed E-state index contributed by atoms with van der Waals surface area (Å²) < 4.78 is 37.5. The van der Waals surface area contributed by atoms with Crippen molar-refractivity contribution in [2.75, 3.05) is 4.72 Å². The Hall–Kier alpha value is -2.85. The van der Waals surface area contributed by atoms with E-state index in [9.17, 15) is 28.2 Å². The molecule has 0 aliphatic carbocycles. The number of carboxylic acids is 1. The molecule has 186 valence electrons. The lowest BCUT2D eigenvalue weighted by molar-refractivity contribution is -0.142. The summed E-state index contributed by atoms with van der Waals surface area (Å²) in [5.41, 5.74) is 0.593. The van der Waals surface area contributed by atoms with Gasteiger partial charge in [-0.05, 0) is 70.6 Å². The lowest BCUT2D eigenvalue weighted by Crippen LogP contribution is -2.45. The summed E-state index contributed by atoms with van der Waals surface area (Å²) >= 11 is 8.66. The van der Waals surface area contributed by atoms with Crippen molar-refractivity contribution in [1.82, 2.24) is 14.1 Å². The molecule has 2 atom stereocenters. The molecule has 0 saturated heterocycles. The molecule has 0 fully saturated rings. The molecule has 3 aromatic carbocycles. The number of carbonyl (C=O) groups excluding carboxylic acids is 1. The number of rotatable bonds is 8. The summed E-state index contributed by atoms with van der Waals surface area (Å²) in [5.74, 6) is -2.39. The van der Waals surface area contributed by atoms with Crippen LogP contribution in [0.25, 0.3) is 11.0 Å². The van der Waals surface area contributed by atoms with Crippen molar-refractivity contribution in [3.8, 4) is 0 Å². The lowest BCUT2D eigenvalue weighted by Gasteiger charge is -2.22. The minimum atomic E-state index is -4.20. The maximum Gasteiger partial charge on any atom is 0.329 e. The van der Waals surface area contributed by atoms with E-state index in [1.807, 2.05) is 22.6 Å². The van der Waals surface area contributed by atoms with Crippen molar-refractivity contribution in [3.63, 3.8) is 0 Å². The van der Waals surface area contributed by atoms with E-state index < -0.39 is 34.0 Å². The maximum atomic E-state index is 13.2. The second-order valence-corrected chi connectivity index (χ2v) is 11.3. The van der Waals surface area contributed by atoms with Crippen molar-refractivity contribution in [2.45, 2.75) is 17.0 Å². The molecule has 2 unspecified atom stereocenters. The van der Waals surface area contributed by atoms with E-state index in [1.54, 1.807) is 12.1 Å². The molecular weight excluding hydrogens is 643 g/mol. The lowest BCUT2D eigenvalue weighted by atomic mass is 10.0. The SMILES string of the molecule is O=C(NC(C(=O)O)C(O)c1ccc(Cl)cc1)c1ccc(I)cc1NS(=O)(=O)c1cccc2nsnc12. The Labute approximate surface area is 227 Å². The average Bonchev–Trinajstić information content (AvgIpc) is 3.31. The fraction of sp³-hybridized carbons (Fsp3) is 0.0909. The molecule has 0 saturated carbocycles. The summed E-state index contributed by atoms with van der Waals surface area (Å²) in [6, 6.07) is 13.0. The molecule has 0 aliphatic heterocycles. The van der Waals surface area contributed by atoms with Crippen LogP contribution in [0.2, 0.25) is 5.02 Å². The van der Waals surface area contributed by atoms with Crippen LogP contribution in [-0.2, 0) is 14.8 Å². The quantitative estimate of drug-likeness (QED) is 0.209. The highest BCUT2D eigenvalue weighted by Gasteiger charge is 2.31.